The lowest BCUT2D eigenvalue weighted by atomic mass is 10.1. The zero-order valence-electron chi connectivity index (χ0n) is 13.6. The molecule has 1 aromatic heterocycles. The van der Waals surface area contributed by atoms with Gasteiger partial charge in [-0.25, -0.2) is 0 Å². The summed E-state index contributed by atoms with van der Waals surface area (Å²) in [6.45, 7) is 3.71. The second-order valence-electron chi connectivity index (χ2n) is 6.12. The SMILES string of the molecule is O=C(CCCN1CCCC1)NCc1cc(-c2cccc(Cl)c2)no1. The van der Waals surface area contributed by atoms with E-state index >= 15 is 0 Å². The van der Waals surface area contributed by atoms with E-state index in [-0.39, 0.29) is 5.91 Å². The number of benzene rings is 1. The van der Waals surface area contributed by atoms with Crippen molar-refractivity contribution in [2.45, 2.75) is 32.2 Å². The van der Waals surface area contributed by atoms with Crippen LogP contribution in [-0.2, 0) is 11.3 Å². The summed E-state index contributed by atoms with van der Waals surface area (Å²) in [5, 5.41) is 7.57. The van der Waals surface area contributed by atoms with Gasteiger partial charge in [0.2, 0.25) is 5.91 Å². The third kappa shape index (κ3) is 4.82. The van der Waals surface area contributed by atoms with Crippen molar-refractivity contribution in [3.8, 4) is 11.3 Å². The normalized spacial score (nSPS) is 14.9. The zero-order valence-corrected chi connectivity index (χ0v) is 14.4. The summed E-state index contributed by atoms with van der Waals surface area (Å²) in [4.78, 5) is 14.3. The molecular weight excluding hydrogens is 326 g/mol. The molecule has 3 rings (SSSR count). The van der Waals surface area contributed by atoms with Crippen LogP contribution in [0.2, 0.25) is 5.02 Å². The maximum absolute atomic E-state index is 11.9. The molecule has 0 atom stereocenters. The van der Waals surface area contributed by atoms with Gasteiger partial charge >= 0.3 is 0 Å². The molecular formula is C18H22ClN3O2. The van der Waals surface area contributed by atoms with Gasteiger partial charge in [-0.1, -0.05) is 28.9 Å². The predicted molar refractivity (Wildman–Crippen MR) is 93.7 cm³/mol. The van der Waals surface area contributed by atoms with E-state index in [9.17, 15) is 4.79 Å². The molecule has 0 spiro atoms. The Kier molecular flexibility index (Phi) is 5.88. The number of aromatic nitrogens is 1. The van der Waals surface area contributed by atoms with E-state index in [1.54, 1.807) is 0 Å². The molecule has 1 aromatic carbocycles. The number of carbonyl (C=O) groups excluding carboxylic acids is 1. The van der Waals surface area contributed by atoms with Crippen molar-refractivity contribution >= 4 is 17.5 Å². The van der Waals surface area contributed by atoms with Crippen molar-refractivity contribution in [2.75, 3.05) is 19.6 Å². The number of nitrogens with one attached hydrogen (secondary N) is 1. The minimum atomic E-state index is 0.0508. The average Bonchev–Trinajstić information content (AvgIpc) is 3.25. The van der Waals surface area contributed by atoms with Gasteiger partial charge in [0, 0.05) is 23.1 Å². The smallest absolute Gasteiger partial charge is 0.220 e. The fourth-order valence-electron chi connectivity index (χ4n) is 2.92. The zero-order chi connectivity index (χ0) is 16.8. The van der Waals surface area contributed by atoms with Crippen LogP contribution in [0.4, 0.5) is 0 Å². The minimum Gasteiger partial charge on any atom is -0.359 e. The summed E-state index contributed by atoms with van der Waals surface area (Å²) in [5.41, 5.74) is 1.62. The van der Waals surface area contributed by atoms with Gasteiger partial charge < -0.3 is 14.7 Å². The van der Waals surface area contributed by atoms with Crippen LogP contribution in [-0.4, -0.2) is 35.6 Å². The van der Waals surface area contributed by atoms with Crippen molar-refractivity contribution < 1.29 is 9.32 Å². The number of nitrogens with zero attached hydrogens (tertiary/aromatic N) is 2. The highest BCUT2D eigenvalue weighted by molar-refractivity contribution is 6.30. The summed E-state index contributed by atoms with van der Waals surface area (Å²) in [7, 11) is 0. The van der Waals surface area contributed by atoms with Gasteiger partial charge in [0.1, 0.15) is 5.69 Å². The maximum atomic E-state index is 11.9. The van der Waals surface area contributed by atoms with Crippen LogP contribution in [0.1, 0.15) is 31.4 Å². The lowest BCUT2D eigenvalue weighted by Gasteiger charge is -2.13. The quantitative estimate of drug-likeness (QED) is 0.833. The first-order valence-corrected chi connectivity index (χ1v) is 8.79. The molecule has 1 saturated heterocycles. The number of carbonyl (C=O) groups is 1. The first-order valence-electron chi connectivity index (χ1n) is 8.41. The van der Waals surface area contributed by atoms with Gasteiger partial charge in [-0.05, 0) is 51.0 Å². The van der Waals surface area contributed by atoms with E-state index in [1.165, 1.54) is 25.9 Å². The second kappa shape index (κ2) is 8.31. The Morgan fingerprint density at radius 3 is 2.92 bits per heavy atom. The minimum absolute atomic E-state index is 0.0508. The molecule has 0 aliphatic carbocycles. The van der Waals surface area contributed by atoms with Crippen molar-refractivity contribution in [1.29, 1.82) is 0 Å². The molecule has 1 aliphatic rings. The number of amides is 1. The Bertz CT molecular complexity index is 680. The summed E-state index contributed by atoms with van der Waals surface area (Å²) in [6, 6.07) is 9.27. The highest BCUT2D eigenvalue weighted by atomic mass is 35.5. The van der Waals surface area contributed by atoms with Crippen LogP contribution in [0.3, 0.4) is 0 Å². The van der Waals surface area contributed by atoms with Gasteiger partial charge in [0.05, 0.1) is 6.54 Å². The van der Waals surface area contributed by atoms with Crippen molar-refractivity contribution in [1.82, 2.24) is 15.4 Å². The third-order valence-corrected chi connectivity index (χ3v) is 4.45. The van der Waals surface area contributed by atoms with Gasteiger partial charge in [-0.2, -0.15) is 0 Å². The Morgan fingerprint density at radius 2 is 2.12 bits per heavy atom. The van der Waals surface area contributed by atoms with E-state index < -0.39 is 0 Å². The predicted octanol–water partition coefficient (Wildman–Crippen LogP) is 3.49. The molecule has 128 valence electrons. The number of hydrogen-bond acceptors (Lipinski definition) is 4. The van der Waals surface area contributed by atoms with E-state index in [1.807, 2.05) is 30.3 Å². The summed E-state index contributed by atoms with van der Waals surface area (Å²) < 4.78 is 5.28. The Morgan fingerprint density at radius 1 is 1.29 bits per heavy atom. The van der Waals surface area contributed by atoms with Crippen LogP contribution in [0.15, 0.2) is 34.9 Å². The summed E-state index contributed by atoms with van der Waals surface area (Å²) in [6.07, 6.45) is 4.01. The fourth-order valence-corrected chi connectivity index (χ4v) is 3.11. The lowest BCUT2D eigenvalue weighted by Crippen LogP contribution is -2.25. The molecule has 1 fully saturated rings. The molecule has 1 amide bonds. The Labute approximate surface area is 147 Å². The maximum Gasteiger partial charge on any atom is 0.220 e. The molecule has 2 aromatic rings. The summed E-state index contributed by atoms with van der Waals surface area (Å²) in [5.74, 6) is 0.688. The molecule has 2 heterocycles. The highest BCUT2D eigenvalue weighted by Gasteiger charge is 2.12. The van der Waals surface area contributed by atoms with Crippen molar-refractivity contribution in [2.24, 2.45) is 0 Å². The van der Waals surface area contributed by atoms with Crippen LogP contribution >= 0.6 is 11.6 Å². The van der Waals surface area contributed by atoms with Crippen LogP contribution in [0.25, 0.3) is 11.3 Å². The standard InChI is InChI=1S/C18H22ClN3O2/c19-15-6-3-5-14(11-15)17-12-16(24-21-17)13-20-18(23)7-4-10-22-8-1-2-9-22/h3,5-6,11-12H,1-2,4,7-10,13H2,(H,20,23). The van der Waals surface area contributed by atoms with Crippen molar-refractivity contribution in [3.63, 3.8) is 0 Å². The van der Waals surface area contributed by atoms with Gasteiger partial charge in [-0.15, -0.1) is 0 Å². The van der Waals surface area contributed by atoms with Gasteiger partial charge in [-0.3, -0.25) is 4.79 Å². The number of hydrogen-bond donors (Lipinski definition) is 1. The fraction of sp³-hybridized carbons (Fsp3) is 0.444. The Balaban J connectivity index is 1.42. The van der Waals surface area contributed by atoms with Gasteiger partial charge in [0.25, 0.3) is 0 Å². The lowest BCUT2D eigenvalue weighted by molar-refractivity contribution is -0.121. The number of rotatable bonds is 7. The molecule has 0 bridgehead atoms. The van der Waals surface area contributed by atoms with Crippen molar-refractivity contribution in [3.05, 3.63) is 41.1 Å². The molecule has 0 saturated carbocycles. The number of halogens is 1. The van der Waals surface area contributed by atoms with Gasteiger partial charge in [0.15, 0.2) is 5.76 Å². The number of likely N-dealkylation sites (tertiary alicyclic amines) is 1. The molecule has 1 N–H and O–H groups in total. The van der Waals surface area contributed by atoms with Crippen LogP contribution in [0, 0.1) is 0 Å². The highest BCUT2D eigenvalue weighted by Crippen LogP contribution is 2.22. The Hall–Kier alpha value is -1.85. The van der Waals surface area contributed by atoms with E-state index in [2.05, 4.69) is 15.4 Å². The largest absolute Gasteiger partial charge is 0.359 e. The monoisotopic (exact) mass is 347 g/mol. The van der Waals surface area contributed by atoms with E-state index in [0.717, 1.165) is 24.2 Å². The second-order valence-corrected chi connectivity index (χ2v) is 6.55. The molecule has 1 aliphatic heterocycles. The topological polar surface area (TPSA) is 58.4 Å². The van der Waals surface area contributed by atoms with Crippen LogP contribution < -0.4 is 5.32 Å². The molecule has 24 heavy (non-hydrogen) atoms. The van der Waals surface area contributed by atoms with E-state index in [0.29, 0.717) is 23.7 Å². The first-order chi connectivity index (χ1) is 11.7. The van der Waals surface area contributed by atoms with E-state index in [4.69, 9.17) is 16.1 Å². The molecule has 0 radical (unpaired) electrons. The first kappa shape index (κ1) is 17.0. The third-order valence-electron chi connectivity index (χ3n) is 4.22. The molecule has 6 heteroatoms. The average molecular weight is 348 g/mol. The molecule has 5 nitrogen and oxygen atoms in total. The summed E-state index contributed by atoms with van der Waals surface area (Å²) >= 11 is 5.98. The van der Waals surface area contributed by atoms with Crippen LogP contribution in [0.5, 0.6) is 0 Å². The molecule has 0 unspecified atom stereocenters.